The number of nitrogens with one attached hydrogen (secondary N) is 1. The first-order valence-corrected chi connectivity index (χ1v) is 10.3. The zero-order valence-corrected chi connectivity index (χ0v) is 14.9. The molecular weight excluding hydrogens is 294 g/mol. The van der Waals surface area contributed by atoms with Crippen LogP contribution in [0.3, 0.4) is 0 Å². The maximum Gasteiger partial charge on any atom is 0.115 e. The Kier molecular flexibility index (Phi) is 3.49. The van der Waals surface area contributed by atoms with Gasteiger partial charge in [-0.05, 0) is 98.3 Å². The molecule has 2 nitrogen and oxygen atoms in total. The Morgan fingerprint density at radius 1 is 1.12 bits per heavy atom. The second-order valence-electron chi connectivity index (χ2n) is 9.16. The average molecular weight is 325 g/mol. The van der Waals surface area contributed by atoms with Crippen LogP contribution in [0.5, 0.6) is 5.75 Å². The molecule has 24 heavy (non-hydrogen) atoms. The van der Waals surface area contributed by atoms with Crippen LogP contribution in [0.4, 0.5) is 0 Å². The van der Waals surface area contributed by atoms with Crippen LogP contribution in [0, 0.1) is 17.8 Å². The van der Waals surface area contributed by atoms with Crippen LogP contribution in [0.2, 0.25) is 0 Å². The lowest BCUT2D eigenvalue weighted by Crippen LogP contribution is -2.58. The van der Waals surface area contributed by atoms with Crippen LogP contribution in [-0.2, 0) is 11.8 Å². The fourth-order valence-corrected chi connectivity index (χ4v) is 6.60. The number of benzene rings is 1. The number of rotatable bonds is 3. The third kappa shape index (κ3) is 2.25. The van der Waals surface area contributed by atoms with Crippen molar-refractivity contribution in [3.63, 3.8) is 0 Å². The zero-order chi connectivity index (χ0) is 16.3. The molecule has 3 saturated carbocycles. The normalized spacial score (nSPS) is 39.0. The maximum atomic E-state index is 10.1. The summed E-state index contributed by atoms with van der Waals surface area (Å²) in [6, 6.07) is 7.65. The van der Waals surface area contributed by atoms with Gasteiger partial charge in [0.15, 0.2) is 0 Å². The number of phenols is 1. The Bertz CT molecular complexity index is 637. The van der Waals surface area contributed by atoms with Crippen molar-refractivity contribution in [2.24, 2.45) is 17.8 Å². The monoisotopic (exact) mass is 325 g/mol. The van der Waals surface area contributed by atoms with Gasteiger partial charge in [0, 0.05) is 12.1 Å². The van der Waals surface area contributed by atoms with Gasteiger partial charge in [0.05, 0.1) is 0 Å². The van der Waals surface area contributed by atoms with Crippen molar-refractivity contribution in [1.29, 1.82) is 0 Å². The second-order valence-corrected chi connectivity index (χ2v) is 9.16. The van der Waals surface area contributed by atoms with E-state index in [2.05, 4.69) is 24.4 Å². The van der Waals surface area contributed by atoms with Crippen LogP contribution in [0.25, 0.3) is 0 Å². The molecule has 3 fully saturated rings. The molecule has 0 aromatic heterocycles. The van der Waals surface area contributed by atoms with Gasteiger partial charge in [-0.25, -0.2) is 0 Å². The predicted octanol–water partition coefficient (Wildman–Crippen LogP) is 4.54. The summed E-state index contributed by atoms with van der Waals surface area (Å²) >= 11 is 0. The van der Waals surface area contributed by atoms with E-state index in [0.717, 1.165) is 17.8 Å². The Morgan fingerprint density at radius 3 is 2.83 bits per heavy atom. The number of fused-ring (bicyclic) bond motifs is 1. The molecule has 4 aliphatic carbocycles. The summed E-state index contributed by atoms with van der Waals surface area (Å²) in [4.78, 5) is 0. The zero-order valence-electron chi connectivity index (χ0n) is 14.9. The lowest BCUT2D eigenvalue weighted by Gasteiger charge is -2.58. The van der Waals surface area contributed by atoms with Gasteiger partial charge in [-0.3, -0.25) is 0 Å². The molecule has 1 aromatic rings. The van der Waals surface area contributed by atoms with Gasteiger partial charge in [0.2, 0.25) is 0 Å². The van der Waals surface area contributed by atoms with Gasteiger partial charge in [0.25, 0.3) is 0 Å². The maximum absolute atomic E-state index is 10.1. The third-order valence-corrected chi connectivity index (χ3v) is 7.92. The minimum atomic E-state index is 0.371. The van der Waals surface area contributed by atoms with E-state index in [0.29, 0.717) is 23.2 Å². The molecule has 2 bridgehead atoms. The summed E-state index contributed by atoms with van der Waals surface area (Å²) in [5.41, 5.74) is 3.41. The first kappa shape index (κ1) is 15.3. The van der Waals surface area contributed by atoms with Crippen LogP contribution in [0.1, 0.15) is 69.4 Å². The highest BCUT2D eigenvalue weighted by Crippen LogP contribution is 2.59. The average Bonchev–Trinajstić information content (AvgIpc) is 3.43. The standard InChI is InChI=1S/C22H31NO/c1-14(15-5-6-15)23-21-9-11-22-10-3-2-4-19(22)18(21)12-16-7-8-17(24)13-20(16)22/h7-8,13-15,18-19,21,23-24H,2-6,9-12H2,1H3/t14-,18-,19?,21?,22-/m1/s1. The van der Waals surface area contributed by atoms with Gasteiger partial charge < -0.3 is 10.4 Å². The number of aromatic hydroxyl groups is 1. The van der Waals surface area contributed by atoms with Crippen molar-refractivity contribution < 1.29 is 5.11 Å². The van der Waals surface area contributed by atoms with Crippen LogP contribution >= 0.6 is 0 Å². The molecule has 1 aromatic carbocycles. The number of phenolic OH excluding ortho intramolecular Hbond substituents is 1. The first-order chi connectivity index (χ1) is 11.7. The topological polar surface area (TPSA) is 32.3 Å². The highest BCUT2D eigenvalue weighted by Gasteiger charge is 2.54. The van der Waals surface area contributed by atoms with Crippen molar-refractivity contribution in [2.45, 2.75) is 82.2 Å². The predicted molar refractivity (Wildman–Crippen MR) is 97.3 cm³/mol. The van der Waals surface area contributed by atoms with Gasteiger partial charge in [-0.1, -0.05) is 18.9 Å². The van der Waals surface area contributed by atoms with Crippen molar-refractivity contribution in [3.8, 4) is 5.75 Å². The second kappa shape index (κ2) is 5.49. The molecule has 5 rings (SSSR count). The molecular formula is C22H31NO. The van der Waals surface area contributed by atoms with Gasteiger partial charge >= 0.3 is 0 Å². The lowest BCUT2D eigenvalue weighted by molar-refractivity contribution is 0.0237. The Balaban J connectivity index is 1.51. The minimum Gasteiger partial charge on any atom is -0.508 e. The fraction of sp³-hybridized carbons (Fsp3) is 0.727. The summed E-state index contributed by atoms with van der Waals surface area (Å²) in [7, 11) is 0. The molecule has 2 unspecified atom stereocenters. The quantitative estimate of drug-likeness (QED) is 0.855. The highest BCUT2D eigenvalue weighted by molar-refractivity contribution is 5.44. The van der Waals surface area contributed by atoms with Crippen LogP contribution < -0.4 is 5.32 Å². The van der Waals surface area contributed by atoms with E-state index in [1.54, 1.807) is 0 Å². The van der Waals surface area contributed by atoms with E-state index in [-0.39, 0.29) is 0 Å². The molecule has 2 N–H and O–H groups in total. The number of hydrogen-bond donors (Lipinski definition) is 2. The highest BCUT2D eigenvalue weighted by atomic mass is 16.3. The molecule has 5 atom stereocenters. The molecule has 0 radical (unpaired) electrons. The van der Waals surface area contributed by atoms with Gasteiger partial charge in [-0.15, -0.1) is 0 Å². The molecule has 0 amide bonds. The molecule has 130 valence electrons. The minimum absolute atomic E-state index is 0.371. The largest absolute Gasteiger partial charge is 0.508 e. The van der Waals surface area contributed by atoms with E-state index in [1.165, 1.54) is 68.9 Å². The summed E-state index contributed by atoms with van der Waals surface area (Å²) in [5.74, 6) is 3.04. The summed E-state index contributed by atoms with van der Waals surface area (Å²) < 4.78 is 0. The third-order valence-electron chi connectivity index (χ3n) is 7.92. The first-order valence-electron chi connectivity index (χ1n) is 10.3. The van der Waals surface area contributed by atoms with Crippen LogP contribution in [0.15, 0.2) is 18.2 Å². The smallest absolute Gasteiger partial charge is 0.115 e. The Hall–Kier alpha value is -1.02. The Morgan fingerprint density at radius 2 is 2.00 bits per heavy atom. The molecule has 0 heterocycles. The lowest BCUT2D eigenvalue weighted by atomic mass is 9.48. The SMILES string of the molecule is C[C@@H](NC1CC[C@]23CCCCC2[C@H]1Cc1ccc(O)cc13)C1CC1. The fourth-order valence-electron chi connectivity index (χ4n) is 6.60. The molecule has 2 heteroatoms. The van der Waals surface area contributed by atoms with E-state index < -0.39 is 0 Å². The van der Waals surface area contributed by atoms with Crippen molar-refractivity contribution in [1.82, 2.24) is 5.32 Å². The van der Waals surface area contributed by atoms with Crippen molar-refractivity contribution in [2.75, 3.05) is 0 Å². The van der Waals surface area contributed by atoms with E-state index in [4.69, 9.17) is 0 Å². The van der Waals surface area contributed by atoms with Crippen molar-refractivity contribution in [3.05, 3.63) is 29.3 Å². The van der Waals surface area contributed by atoms with Gasteiger partial charge in [0.1, 0.15) is 5.75 Å². The van der Waals surface area contributed by atoms with E-state index in [1.807, 2.05) is 6.07 Å². The summed E-state index contributed by atoms with van der Waals surface area (Å²) in [6.07, 6.45) is 12.2. The summed E-state index contributed by atoms with van der Waals surface area (Å²) in [5, 5.41) is 14.2. The van der Waals surface area contributed by atoms with Gasteiger partial charge in [-0.2, -0.15) is 0 Å². The summed E-state index contributed by atoms with van der Waals surface area (Å²) in [6.45, 7) is 2.41. The van der Waals surface area contributed by atoms with E-state index in [9.17, 15) is 5.11 Å². The number of hydrogen-bond acceptors (Lipinski definition) is 2. The molecule has 0 saturated heterocycles. The molecule has 4 aliphatic rings. The molecule has 0 aliphatic heterocycles. The van der Waals surface area contributed by atoms with E-state index >= 15 is 0 Å². The van der Waals surface area contributed by atoms with Crippen LogP contribution in [-0.4, -0.2) is 17.2 Å². The Labute approximate surface area is 146 Å². The molecule has 0 spiro atoms. The van der Waals surface area contributed by atoms with Crippen molar-refractivity contribution >= 4 is 0 Å².